The van der Waals surface area contributed by atoms with Crippen LogP contribution in [0.5, 0.6) is 0 Å². The van der Waals surface area contributed by atoms with Gasteiger partial charge in [-0.3, -0.25) is 9.59 Å². The number of amides is 1. The van der Waals surface area contributed by atoms with E-state index in [2.05, 4.69) is 10.1 Å². The summed E-state index contributed by atoms with van der Waals surface area (Å²) in [5.41, 5.74) is 0.679. The molecule has 0 aromatic heterocycles. The maximum absolute atomic E-state index is 11.9. The van der Waals surface area contributed by atoms with Crippen molar-refractivity contribution in [2.75, 3.05) is 32.1 Å². The lowest BCUT2D eigenvalue weighted by atomic mass is 10.3. The van der Waals surface area contributed by atoms with Gasteiger partial charge in [-0.25, -0.2) is 0 Å². The molecule has 0 unspecified atom stereocenters. The average molecular weight is 236 g/mol. The second-order valence-electron chi connectivity index (χ2n) is 3.42. The van der Waals surface area contributed by atoms with Crippen molar-refractivity contribution in [1.29, 1.82) is 0 Å². The Morgan fingerprint density at radius 3 is 2.47 bits per heavy atom. The zero-order chi connectivity index (χ0) is 12.7. The van der Waals surface area contributed by atoms with E-state index >= 15 is 0 Å². The van der Waals surface area contributed by atoms with E-state index in [4.69, 9.17) is 0 Å². The fourth-order valence-corrected chi connectivity index (χ4v) is 1.37. The number of likely N-dealkylation sites (N-methyl/N-ethyl adjacent to an activating group) is 1. The van der Waals surface area contributed by atoms with Crippen molar-refractivity contribution in [3.8, 4) is 0 Å². The SMILES string of the molecule is CNCC(=O)N(CC(=O)OC)c1ccccc1. The van der Waals surface area contributed by atoms with Crippen molar-refractivity contribution < 1.29 is 14.3 Å². The number of ether oxygens (including phenoxy) is 1. The molecule has 5 nitrogen and oxygen atoms in total. The Bertz CT molecular complexity index is 379. The summed E-state index contributed by atoms with van der Waals surface area (Å²) in [4.78, 5) is 24.5. The predicted octanol–water partition coefficient (Wildman–Crippen LogP) is 0.412. The van der Waals surface area contributed by atoms with Gasteiger partial charge in [-0.1, -0.05) is 18.2 Å². The van der Waals surface area contributed by atoms with E-state index in [0.717, 1.165) is 0 Å². The molecule has 0 saturated carbocycles. The topological polar surface area (TPSA) is 58.6 Å². The standard InChI is InChI=1S/C12H16N2O3/c1-13-8-11(15)14(9-12(16)17-2)10-6-4-3-5-7-10/h3-7,13H,8-9H2,1-2H3. The van der Waals surface area contributed by atoms with Crippen LogP contribution in [0.3, 0.4) is 0 Å². The minimum Gasteiger partial charge on any atom is -0.468 e. The van der Waals surface area contributed by atoms with Gasteiger partial charge in [-0.2, -0.15) is 0 Å². The first kappa shape index (κ1) is 13.2. The van der Waals surface area contributed by atoms with E-state index in [1.54, 1.807) is 19.2 Å². The van der Waals surface area contributed by atoms with Crippen LogP contribution in [0.2, 0.25) is 0 Å². The van der Waals surface area contributed by atoms with Gasteiger partial charge in [0.15, 0.2) is 0 Å². The number of hydrogen-bond acceptors (Lipinski definition) is 4. The summed E-state index contributed by atoms with van der Waals surface area (Å²) in [6.45, 7) is 0.0902. The van der Waals surface area contributed by atoms with Crippen LogP contribution in [0, 0.1) is 0 Å². The van der Waals surface area contributed by atoms with Gasteiger partial charge in [0.25, 0.3) is 0 Å². The number of para-hydroxylation sites is 1. The summed E-state index contributed by atoms with van der Waals surface area (Å²) in [6.07, 6.45) is 0. The third-order valence-corrected chi connectivity index (χ3v) is 2.21. The Morgan fingerprint density at radius 2 is 1.94 bits per heavy atom. The average Bonchev–Trinajstić information content (AvgIpc) is 2.36. The van der Waals surface area contributed by atoms with Gasteiger partial charge in [-0.05, 0) is 19.2 Å². The lowest BCUT2D eigenvalue weighted by molar-refractivity contribution is -0.140. The summed E-state index contributed by atoms with van der Waals surface area (Å²) in [5, 5.41) is 2.77. The smallest absolute Gasteiger partial charge is 0.325 e. The Labute approximate surface area is 100 Å². The molecule has 5 heteroatoms. The molecule has 0 radical (unpaired) electrons. The largest absolute Gasteiger partial charge is 0.468 e. The Kier molecular flexibility index (Phi) is 5.16. The number of rotatable bonds is 5. The molecule has 1 aromatic rings. The quantitative estimate of drug-likeness (QED) is 0.752. The third kappa shape index (κ3) is 3.88. The number of benzene rings is 1. The molecular weight excluding hydrogens is 220 g/mol. The summed E-state index contributed by atoms with van der Waals surface area (Å²) in [5.74, 6) is -0.623. The molecule has 0 saturated heterocycles. The molecule has 0 aliphatic rings. The minimum atomic E-state index is -0.446. The highest BCUT2D eigenvalue weighted by Crippen LogP contribution is 2.13. The van der Waals surface area contributed by atoms with Crippen molar-refractivity contribution in [3.63, 3.8) is 0 Å². The van der Waals surface area contributed by atoms with Crippen LogP contribution in [0.4, 0.5) is 5.69 Å². The molecular formula is C12H16N2O3. The van der Waals surface area contributed by atoms with Crippen molar-refractivity contribution >= 4 is 17.6 Å². The highest BCUT2D eigenvalue weighted by molar-refractivity contribution is 5.98. The number of hydrogen-bond donors (Lipinski definition) is 1. The van der Waals surface area contributed by atoms with Gasteiger partial charge < -0.3 is 15.0 Å². The number of nitrogens with one attached hydrogen (secondary N) is 1. The van der Waals surface area contributed by atoms with Crippen molar-refractivity contribution in [3.05, 3.63) is 30.3 Å². The fraction of sp³-hybridized carbons (Fsp3) is 0.333. The lowest BCUT2D eigenvalue weighted by Crippen LogP contribution is -2.40. The lowest BCUT2D eigenvalue weighted by Gasteiger charge is -2.21. The molecule has 1 rings (SSSR count). The van der Waals surface area contributed by atoms with Crippen LogP contribution in [0.15, 0.2) is 30.3 Å². The first-order valence-corrected chi connectivity index (χ1v) is 5.26. The highest BCUT2D eigenvalue weighted by atomic mass is 16.5. The summed E-state index contributed by atoms with van der Waals surface area (Å²) >= 11 is 0. The number of carbonyl (C=O) groups is 2. The number of carbonyl (C=O) groups excluding carboxylic acids is 2. The summed E-state index contributed by atoms with van der Waals surface area (Å²) < 4.78 is 4.58. The van der Waals surface area contributed by atoms with Crippen LogP contribution in [-0.2, 0) is 14.3 Å². The maximum atomic E-state index is 11.9. The van der Waals surface area contributed by atoms with E-state index in [0.29, 0.717) is 5.69 Å². The molecule has 0 aliphatic heterocycles. The fourth-order valence-electron chi connectivity index (χ4n) is 1.37. The first-order chi connectivity index (χ1) is 8.19. The van der Waals surface area contributed by atoms with Crippen LogP contribution >= 0.6 is 0 Å². The van der Waals surface area contributed by atoms with Crippen LogP contribution < -0.4 is 10.2 Å². The first-order valence-electron chi connectivity index (χ1n) is 5.26. The van der Waals surface area contributed by atoms with E-state index in [1.165, 1.54) is 12.0 Å². The highest BCUT2D eigenvalue weighted by Gasteiger charge is 2.18. The predicted molar refractivity (Wildman–Crippen MR) is 64.7 cm³/mol. The Balaban J connectivity index is 2.86. The minimum absolute atomic E-state index is 0.0823. The van der Waals surface area contributed by atoms with Crippen LogP contribution in [0.25, 0.3) is 0 Å². The molecule has 92 valence electrons. The van der Waals surface area contributed by atoms with Crippen molar-refractivity contribution in [1.82, 2.24) is 5.32 Å². The van der Waals surface area contributed by atoms with Gasteiger partial charge >= 0.3 is 5.97 Å². The maximum Gasteiger partial charge on any atom is 0.325 e. The van der Waals surface area contributed by atoms with E-state index in [9.17, 15) is 9.59 Å². The zero-order valence-corrected chi connectivity index (χ0v) is 9.97. The number of esters is 1. The Morgan fingerprint density at radius 1 is 1.29 bits per heavy atom. The molecule has 0 heterocycles. The molecule has 0 bridgehead atoms. The van der Waals surface area contributed by atoms with Gasteiger partial charge in [0.2, 0.25) is 5.91 Å². The van der Waals surface area contributed by atoms with Gasteiger partial charge in [0, 0.05) is 5.69 Å². The molecule has 1 N–H and O–H groups in total. The monoisotopic (exact) mass is 236 g/mol. The summed E-state index contributed by atoms with van der Waals surface area (Å²) in [7, 11) is 2.98. The van der Waals surface area contributed by atoms with E-state index in [-0.39, 0.29) is 19.0 Å². The molecule has 0 spiro atoms. The molecule has 1 amide bonds. The molecule has 17 heavy (non-hydrogen) atoms. The van der Waals surface area contributed by atoms with Gasteiger partial charge in [-0.15, -0.1) is 0 Å². The second kappa shape index (κ2) is 6.65. The normalized spacial score (nSPS) is 9.76. The molecule has 0 atom stereocenters. The van der Waals surface area contributed by atoms with Crippen molar-refractivity contribution in [2.24, 2.45) is 0 Å². The molecule has 0 fully saturated rings. The second-order valence-corrected chi connectivity index (χ2v) is 3.42. The third-order valence-electron chi connectivity index (χ3n) is 2.21. The number of anilines is 1. The van der Waals surface area contributed by atoms with Crippen LogP contribution in [-0.4, -0.2) is 39.1 Å². The van der Waals surface area contributed by atoms with Gasteiger partial charge in [0.05, 0.1) is 13.7 Å². The van der Waals surface area contributed by atoms with E-state index in [1.807, 2.05) is 18.2 Å². The van der Waals surface area contributed by atoms with Gasteiger partial charge in [0.1, 0.15) is 6.54 Å². The zero-order valence-electron chi connectivity index (χ0n) is 9.97. The number of nitrogens with zero attached hydrogens (tertiary/aromatic N) is 1. The summed E-state index contributed by atoms with van der Waals surface area (Å²) in [6, 6.07) is 9.02. The van der Waals surface area contributed by atoms with E-state index < -0.39 is 5.97 Å². The van der Waals surface area contributed by atoms with Crippen LogP contribution in [0.1, 0.15) is 0 Å². The molecule has 0 aliphatic carbocycles. The number of methoxy groups -OCH3 is 1. The van der Waals surface area contributed by atoms with Crippen molar-refractivity contribution in [2.45, 2.75) is 0 Å². The molecule has 1 aromatic carbocycles. The Hall–Kier alpha value is -1.88.